The van der Waals surface area contributed by atoms with Crippen molar-refractivity contribution in [2.75, 3.05) is 19.0 Å². The van der Waals surface area contributed by atoms with Gasteiger partial charge in [-0.2, -0.15) is 0 Å². The van der Waals surface area contributed by atoms with E-state index in [1.54, 1.807) is 0 Å². The molecule has 2 rings (SSSR count). The van der Waals surface area contributed by atoms with Gasteiger partial charge < -0.3 is 16.0 Å². The van der Waals surface area contributed by atoms with E-state index in [-0.39, 0.29) is 17.9 Å². The van der Waals surface area contributed by atoms with Gasteiger partial charge in [0, 0.05) is 32.4 Å². The summed E-state index contributed by atoms with van der Waals surface area (Å²) in [7, 11) is 4.03. The van der Waals surface area contributed by atoms with Crippen molar-refractivity contribution >= 4 is 11.6 Å². The quantitative estimate of drug-likeness (QED) is 0.882. The topological polar surface area (TPSA) is 58.4 Å². The van der Waals surface area contributed by atoms with Crippen molar-refractivity contribution in [1.82, 2.24) is 5.32 Å². The lowest BCUT2D eigenvalue weighted by molar-refractivity contribution is -0.126. The van der Waals surface area contributed by atoms with Crippen molar-refractivity contribution in [3.8, 4) is 0 Å². The molecule has 1 saturated carbocycles. The van der Waals surface area contributed by atoms with Crippen LogP contribution >= 0.6 is 0 Å². The Hall–Kier alpha value is -1.55. The van der Waals surface area contributed by atoms with E-state index in [1.807, 2.05) is 14.1 Å². The van der Waals surface area contributed by atoms with E-state index < -0.39 is 0 Å². The molecule has 110 valence electrons. The Morgan fingerprint density at radius 3 is 2.50 bits per heavy atom. The number of nitrogens with two attached hydrogens (primary N) is 1. The average molecular weight is 275 g/mol. The SMILES string of the molecule is CN(C)c1ccc(CNC(=O)C2CCCCC2N)cc1. The number of hydrogen-bond donors (Lipinski definition) is 2. The minimum Gasteiger partial charge on any atom is -0.378 e. The van der Waals surface area contributed by atoms with Crippen molar-refractivity contribution < 1.29 is 4.79 Å². The summed E-state index contributed by atoms with van der Waals surface area (Å²) in [6.45, 7) is 0.579. The Morgan fingerprint density at radius 2 is 1.90 bits per heavy atom. The summed E-state index contributed by atoms with van der Waals surface area (Å²) in [5.74, 6) is 0.0960. The predicted molar refractivity (Wildman–Crippen MR) is 82.5 cm³/mol. The fraction of sp³-hybridized carbons (Fsp3) is 0.562. The summed E-state index contributed by atoms with van der Waals surface area (Å²) in [5, 5.41) is 3.02. The summed E-state index contributed by atoms with van der Waals surface area (Å²) in [4.78, 5) is 14.2. The van der Waals surface area contributed by atoms with Crippen LogP contribution in [0.3, 0.4) is 0 Å². The van der Waals surface area contributed by atoms with E-state index in [0.29, 0.717) is 6.54 Å². The zero-order chi connectivity index (χ0) is 14.5. The van der Waals surface area contributed by atoms with Crippen LogP contribution in [0.4, 0.5) is 5.69 Å². The van der Waals surface area contributed by atoms with Gasteiger partial charge >= 0.3 is 0 Å². The Morgan fingerprint density at radius 1 is 1.25 bits per heavy atom. The maximum absolute atomic E-state index is 12.2. The van der Waals surface area contributed by atoms with Gasteiger partial charge in [0.1, 0.15) is 0 Å². The largest absolute Gasteiger partial charge is 0.378 e. The van der Waals surface area contributed by atoms with Gasteiger partial charge in [-0.15, -0.1) is 0 Å². The molecule has 2 atom stereocenters. The minimum atomic E-state index is -0.00945. The Labute approximate surface area is 121 Å². The van der Waals surface area contributed by atoms with Crippen LogP contribution < -0.4 is 16.0 Å². The molecule has 1 aliphatic rings. The molecule has 1 fully saturated rings. The van der Waals surface area contributed by atoms with Crippen LogP contribution in [-0.4, -0.2) is 26.0 Å². The monoisotopic (exact) mass is 275 g/mol. The number of nitrogens with zero attached hydrogens (tertiary/aromatic N) is 1. The van der Waals surface area contributed by atoms with E-state index in [4.69, 9.17) is 5.73 Å². The first-order valence-electron chi connectivity index (χ1n) is 7.37. The molecule has 0 heterocycles. The molecule has 1 aromatic carbocycles. The summed E-state index contributed by atoms with van der Waals surface area (Å²) in [5.41, 5.74) is 8.32. The normalized spacial score (nSPS) is 22.4. The first kappa shape index (κ1) is 14.9. The molecule has 0 aromatic heterocycles. The van der Waals surface area contributed by atoms with Crippen LogP contribution in [0, 0.1) is 5.92 Å². The third-order valence-electron chi connectivity index (χ3n) is 4.08. The third-order valence-corrected chi connectivity index (χ3v) is 4.08. The van der Waals surface area contributed by atoms with Crippen LogP contribution in [0.15, 0.2) is 24.3 Å². The highest BCUT2D eigenvalue weighted by Crippen LogP contribution is 2.23. The molecule has 20 heavy (non-hydrogen) atoms. The van der Waals surface area contributed by atoms with Crippen molar-refractivity contribution in [1.29, 1.82) is 0 Å². The lowest BCUT2D eigenvalue weighted by Crippen LogP contribution is -2.43. The first-order valence-corrected chi connectivity index (χ1v) is 7.37. The van der Waals surface area contributed by atoms with E-state index in [1.165, 1.54) is 0 Å². The number of hydrogen-bond acceptors (Lipinski definition) is 3. The predicted octanol–water partition coefficient (Wildman–Crippen LogP) is 1.89. The smallest absolute Gasteiger partial charge is 0.224 e. The molecule has 2 unspecified atom stereocenters. The van der Waals surface area contributed by atoms with Crippen molar-refractivity contribution in [2.24, 2.45) is 11.7 Å². The lowest BCUT2D eigenvalue weighted by Gasteiger charge is -2.27. The molecule has 0 aliphatic heterocycles. The van der Waals surface area contributed by atoms with Gasteiger partial charge in [0.25, 0.3) is 0 Å². The highest BCUT2D eigenvalue weighted by Gasteiger charge is 2.27. The second-order valence-corrected chi connectivity index (χ2v) is 5.83. The summed E-state index contributed by atoms with van der Waals surface area (Å²) in [6, 6.07) is 8.26. The zero-order valence-electron chi connectivity index (χ0n) is 12.4. The number of nitrogens with one attached hydrogen (secondary N) is 1. The fourth-order valence-electron chi connectivity index (χ4n) is 2.72. The molecule has 0 bridgehead atoms. The van der Waals surface area contributed by atoms with E-state index >= 15 is 0 Å². The zero-order valence-corrected chi connectivity index (χ0v) is 12.4. The van der Waals surface area contributed by atoms with E-state index in [2.05, 4.69) is 34.5 Å². The molecule has 0 radical (unpaired) electrons. The lowest BCUT2D eigenvalue weighted by atomic mass is 9.84. The van der Waals surface area contributed by atoms with Crippen molar-refractivity contribution in [3.63, 3.8) is 0 Å². The average Bonchev–Trinajstić information content (AvgIpc) is 2.45. The Bertz CT molecular complexity index is 442. The van der Waals surface area contributed by atoms with Gasteiger partial charge in [-0.3, -0.25) is 4.79 Å². The van der Waals surface area contributed by atoms with Gasteiger partial charge in [0.05, 0.1) is 5.92 Å². The summed E-state index contributed by atoms with van der Waals surface area (Å²) >= 11 is 0. The number of rotatable bonds is 4. The molecule has 4 nitrogen and oxygen atoms in total. The summed E-state index contributed by atoms with van der Waals surface area (Å²) < 4.78 is 0. The molecular weight excluding hydrogens is 250 g/mol. The Balaban J connectivity index is 1.86. The second-order valence-electron chi connectivity index (χ2n) is 5.83. The molecule has 1 amide bonds. The number of carbonyl (C=O) groups is 1. The van der Waals surface area contributed by atoms with Crippen molar-refractivity contribution in [3.05, 3.63) is 29.8 Å². The number of anilines is 1. The van der Waals surface area contributed by atoms with Crippen LogP contribution in [0.25, 0.3) is 0 Å². The van der Waals surface area contributed by atoms with Crippen LogP contribution in [0.1, 0.15) is 31.2 Å². The van der Waals surface area contributed by atoms with Gasteiger partial charge in [-0.1, -0.05) is 25.0 Å². The molecule has 4 heteroatoms. The number of amides is 1. The molecule has 1 aliphatic carbocycles. The maximum Gasteiger partial charge on any atom is 0.224 e. The summed E-state index contributed by atoms with van der Waals surface area (Å²) in [6.07, 6.45) is 4.16. The second kappa shape index (κ2) is 6.75. The van der Waals surface area contributed by atoms with Gasteiger partial charge in [0.15, 0.2) is 0 Å². The van der Waals surface area contributed by atoms with Crippen LogP contribution in [-0.2, 0) is 11.3 Å². The standard InChI is InChI=1S/C16H25N3O/c1-19(2)13-9-7-12(8-10-13)11-18-16(20)14-5-3-4-6-15(14)17/h7-10,14-15H,3-6,11,17H2,1-2H3,(H,18,20). The highest BCUT2D eigenvalue weighted by atomic mass is 16.1. The van der Waals surface area contributed by atoms with Gasteiger partial charge in [-0.25, -0.2) is 0 Å². The van der Waals surface area contributed by atoms with E-state index in [9.17, 15) is 4.79 Å². The van der Waals surface area contributed by atoms with Crippen LogP contribution in [0.2, 0.25) is 0 Å². The molecular formula is C16H25N3O. The molecule has 3 N–H and O–H groups in total. The third kappa shape index (κ3) is 3.73. The van der Waals surface area contributed by atoms with Gasteiger partial charge in [0.2, 0.25) is 5.91 Å². The van der Waals surface area contributed by atoms with Crippen molar-refractivity contribution in [2.45, 2.75) is 38.3 Å². The molecule has 0 spiro atoms. The number of benzene rings is 1. The maximum atomic E-state index is 12.2. The minimum absolute atomic E-state index is 0.00945. The Kier molecular flexibility index (Phi) is 5.01. The highest BCUT2D eigenvalue weighted by molar-refractivity contribution is 5.79. The van der Waals surface area contributed by atoms with Crippen LogP contribution in [0.5, 0.6) is 0 Å². The molecule has 0 saturated heterocycles. The number of carbonyl (C=O) groups excluding carboxylic acids is 1. The van der Waals surface area contributed by atoms with E-state index in [0.717, 1.165) is 36.9 Å². The van der Waals surface area contributed by atoms with Gasteiger partial charge in [-0.05, 0) is 30.5 Å². The molecule has 1 aromatic rings. The first-order chi connectivity index (χ1) is 9.58. The fourth-order valence-corrected chi connectivity index (χ4v) is 2.72.